The van der Waals surface area contributed by atoms with Gasteiger partial charge in [0.15, 0.2) is 0 Å². The first-order valence-electron chi connectivity index (χ1n) is 9.34. The molecule has 0 aliphatic carbocycles. The maximum absolute atomic E-state index is 13.0. The predicted molar refractivity (Wildman–Crippen MR) is 106 cm³/mol. The number of hydrogen-bond acceptors (Lipinski definition) is 3. The first-order valence-corrected chi connectivity index (χ1v) is 9.34. The number of nitrogens with one attached hydrogen (secondary N) is 2. The summed E-state index contributed by atoms with van der Waals surface area (Å²) < 4.78 is 13.0. The highest BCUT2D eigenvalue weighted by Gasteiger charge is 2.31. The minimum Gasteiger partial charge on any atom is -0.337 e. The minimum absolute atomic E-state index is 0.0838. The van der Waals surface area contributed by atoms with E-state index in [0.717, 1.165) is 6.54 Å². The van der Waals surface area contributed by atoms with E-state index < -0.39 is 0 Å². The second-order valence-corrected chi connectivity index (χ2v) is 7.01. The van der Waals surface area contributed by atoms with Gasteiger partial charge in [-0.15, -0.1) is 0 Å². The van der Waals surface area contributed by atoms with Crippen molar-refractivity contribution in [1.29, 1.82) is 0 Å². The number of carbonyl (C=O) groups is 2. The molecule has 28 heavy (non-hydrogen) atoms. The Morgan fingerprint density at radius 2 is 1.89 bits per heavy atom. The van der Waals surface area contributed by atoms with Gasteiger partial charge in [0, 0.05) is 38.3 Å². The third kappa shape index (κ3) is 5.53. The molecule has 3 amide bonds. The molecule has 0 aromatic heterocycles. The summed E-state index contributed by atoms with van der Waals surface area (Å²) in [7, 11) is 2.00. The van der Waals surface area contributed by atoms with Crippen LogP contribution in [0, 0.1) is 5.82 Å². The summed E-state index contributed by atoms with van der Waals surface area (Å²) in [5.74, 6) is -0.429. The number of urea groups is 1. The molecule has 1 atom stereocenters. The van der Waals surface area contributed by atoms with Crippen LogP contribution in [0.15, 0.2) is 54.6 Å². The van der Waals surface area contributed by atoms with Gasteiger partial charge < -0.3 is 20.4 Å². The lowest BCUT2D eigenvalue weighted by Gasteiger charge is -2.19. The molecule has 0 spiro atoms. The minimum atomic E-state index is -0.346. The van der Waals surface area contributed by atoms with Gasteiger partial charge in [-0.2, -0.15) is 0 Å². The van der Waals surface area contributed by atoms with Gasteiger partial charge in [0.05, 0.1) is 6.04 Å². The van der Waals surface area contributed by atoms with Crippen molar-refractivity contribution in [3.05, 3.63) is 66.0 Å². The van der Waals surface area contributed by atoms with Crippen LogP contribution in [-0.4, -0.2) is 49.6 Å². The van der Waals surface area contributed by atoms with Crippen molar-refractivity contribution in [3.63, 3.8) is 0 Å². The molecule has 6 nitrogen and oxygen atoms in total. The number of anilines is 1. The highest BCUT2D eigenvalue weighted by Crippen LogP contribution is 2.21. The number of hydrogen-bond donors (Lipinski definition) is 2. The molecule has 1 aliphatic heterocycles. The lowest BCUT2D eigenvalue weighted by Crippen LogP contribution is -2.45. The normalized spacial score (nSPS) is 16.5. The van der Waals surface area contributed by atoms with E-state index in [1.54, 1.807) is 17.0 Å². The zero-order chi connectivity index (χ0) is 19.9. The average molecular weight is 384 g/mol. The summed E-state index contributed by atoms with van der Waals surface area (Å²) in [4.78, 5) is 28.0. The van der Waals surface area contributed by atoms with E-state index in [-0.39, 0.29) is 30.2 Å². The van der Waals surface area contributed by atoms with E-state index in [1.165, 1.54) is 17.7 Å². The molecular formula is C21H25FN4O2. The van der Waals surface area contributed by atoms with Gasteiger partial charge in [0.2, 0.25) is 5.91 Å². The van der Waals surface area contributed by atoms with E-state index in [0.29, 0.717) is 25.3 Å². The SMILES string of the molecule is CN(CCNC(=O)N[C@H]1CC(=O)N(c2ccc(F)cc2)C1)Cc1ccccc1. The van der Waals surface area contributed by atoms with Crippen LogP contribution in [0.25, 0.3) is 0 Å². The Morgan fingerprint density at radius 3 is 2.61 bits per heavy atom. The molecule has 2 N–H and O–H groups in total. The molecule has 1 fully saturated rings. The molecule has 2 aromatic rings. The predicted octanol–water partition coefficient (Wildman–Crippen LogP) is 2.36. The molecule has 1 heterocycles. The molecule has 1 saturated heterocycles. The molecular weight excluding hydrogens is 359 g/mol. The Morgan fingerprint density at radius 1 is 1.18 bits per heavy atom. The summed E-state index contributed by atoms with van der Waals surface area (Å²) in [6.45, 7) is 2.42. The van der Waals surface area contributed by atoms with Crippen LogP contribution in [0.3, 0.4) is 0 Å². The number of nitrogens with zero attached hydrogens (tertiary/aromatic N) is 2. The number of halogens is 1. The van der Waals surface area contributed by atoms with Crippen LogP contribution in [0.5, 0.6) is 0 Å². The van der Waals surface area contributed by atoms with Gasteiger partial charge in [0.25, 0.3) is 0 Å². The summed E-state index contributed by atoms with van der Waals surface area (Å²) in [6.07, 6.45) is 0.235. The Kier molecular flexibility index (Phi) is 6.60. The molecule has 148 valence electrons. The van der Waals surface area contributed by atoms with E-state index in [2.05, 4.69) is 27.7 Å². The fourth-order valence-electron chi connectivity index (χ4n) is 3.25. The first-order chi connectivity index (χ1) is 13.5. The highest BCUT2D eigenvalue weighted by molar-refractivity contribution is 5.96. The quantitative estimate of drug-likeness (QED) is 0.770. The van der Waals surface area contributed by atoms with Crippen LogP contribution >= 0.6 is 0 Å². The van der Waals surface area contributed by atoms with Gasteiger partial charge in [-0.3, -0.25) is 4.79 Å². The number of benzene rings is 2. The van der Waals surface area contributed by atoms with Crippen molar-refractivity contribution in [1.82, 2.24) is 15.5 Å². The second-order valence-electron chi connectivity index (χ2n) is 7.01. The monoisotopic (exact) mass is 384 g/mol. The molecule has 0 radical (unpaired) electrons. The van der Waals surface area contributed by atoms with Crippen molar-refractivity contribution < 1.29 is 14.0 Å². The first kappa shape index (κ1) is 19.8. The van der Waals surface area contributed by atoms with E-state index in [4.69, 9.17) is 0 Å². The zero-order valence-electron chi connectivity index (χ0n) is 15.9. The Balaban J connectivity index is 1.39. The maximum atomic E-state index is 13.0. The topological polar surface area (TPSA) is 64.7 Å². The molecule has 0 bridgehead atoms. The van der Waals surface area contributed by atoms with Crippen LogP contribution in [0.4, 0.5) is 14.9 Å². The zero-order valence-corrected chi connectivity index (χ0v) is 15.9. The molecule has 0 saturated carbocycles. The van der Waals surface area contributed by atoms with Crippen molar-refractivity contribution in [2.24, 2.45) is 0 Å². The summed E-state index contributed by atoms with van der Waals surface area (Å²) in [5.41, 5.74) is 1.86. The summed E-state index contributed by atoms with van der Waals surface area (Å²) in [6, 6.07) is 15.4. The van der Waals surface area contributed by atoms with Gasteiger partial charge in [0.1, 0.15) is 5.82 Å². The number of rotatable bonds is 7. The second kappa shape index (κ2) is 9.32. The fraction of sp³-hybridized carbons (Fsp3) is 0.333. The average Bonchev–Trinajstić information content (AvgIpc) is 3.03. The molecule has 0 unspecified atom stereocenters. The third-order valence-electron chi connectivity index (χ3n) is 4.67. The van der Waals surface area contributed by atoms with Crippen molar-refractivity contribution in [3.8, 4) is 0 Å². The standard InChI is InChI=1S/C21H25FN4O2/c1-25(14-16-5-3-2-4-6-16)12-11-23-21(28)24-18-13-20(27)26(15-18)19-9-7-17(22)8-10-19/h2-10,18H,11-15H2,1H3,(H2,23,24,28)/t18-/m0/s1. The van der Waals surface area contributed by atoms with Gasteiger partial charge in [-0.05, 0) is 36.9 Å². The number of amides is 3. The Hall–Kier alpha value is -2.93. The smallest absolute Gasteiger partial charge is 0.315 e. The highest BCUT2D eigenvalue weighted by atomic mass is 19.1. The van der Waals surface area contributed by atoms with Crippen molar-refractivity contribution in [2.45, 2.75) is 19.0 Å². The molecule has 2 aromatic carbocycles. The Labute approximate surface area is 164 Å². The van der Waals surface area contributed by atoms with Crippen LogP contribution in [-0.2, 0) is 11.3 Å². The van der Waals surface area contributed by atoms with Gasteiger partial charge >= 0.3 is 6.03 Å². The maximum Gasteiger partial charge on any atom is 0.315 e. The van der Waals surface area contributed by atoms with Gasteiger partial charge in [-0.25, -0.2) is 9.18 Å². The summed E-state index contributed by atoms with van der Waals surface area (Å²) in [5, 5.41) is 5.67. The Bertz CT molecular complexity index is 798. The van der Waals surface area contributed by atoms with Crippen LogP contribution < -0.4 is 15.5 Å². The molecule has 7 heteroatoms. The number of carbonyl (C=O) groups excluding carboxylic acids is 2. The van der Waals surface area contributed by atoms with Crippen molar-refractivity contribution in [2.75, 3.05) is 31.6 Å². The van der Waals surface area contributed by atoms with Crippen LogP contribution in [0.2, 0.25) is 0 Å². The lowest BCUT2D eigenvalue weighted by molar-refractivity contribution is -0.117. The van der Waals surface area contributed by atoms with E-state index in [1.807, 2.05) is 25.2 Å². The lowest BCUT2D eigenvalue weighted by atomic mass is 10.2. The largest absolute Gasteiger partial charge is 0.337 e. The summed E-state index contributed by atoms with van der Waals surface area (Å²) >= 11 is 0. The van der Waals surface area contributed by atoms with E-state index >= 15 is 0 Å². The number of likely N-dealkylation sites (N-methyl/N-ethyl adjacent to an activating group) is 1. The van der Waals surface area contributed by atoms with E-state index in [9.17, 15) is 14.0 Å². The van der Waals surface area contributed by atoms with Gasteiger partial charge in [-0.1, -0.05) is 30.3 Å². The fourth-order valence-corrected chi connectivity index (χ4v) is 3.25. The van der Waals surface area contributed by atoms with Crippen molar-refractivity contribution >= 4 is 17.6 Å². The molecule has 1 aliphatic rings. The third-order valence-corrected chi connectivity index (χ3v) is 4.67. The molecule has 3 rings (SSSR count). The van der Waals surface area contributed by atoms with Crippen LogP contribution in [0.1, 0.15) is 12.0 Å².